The summed E-state index contributed by atoms with van der Waals surface area (Å²) in [6.45, 7) is 2.95. The molecule has 2 N–H and O–H groups in total. The molecule has 0 amide bonds. The highest BCUT2D eigenvalue weighted by molar-refractivity contribution is 5.48. The maximum Gasteiger partial charge on any atom is 0.213 e. The highest BCUT2D eigenvalue weighted by Crippen LogP contribution is 2.12. The van der Waals surface area contributed by atoms with E-state index in [4.69, 9.17) is 10.5 Å². The molecular formula is C16H18N2O. The third kappa shape index (κ3) is 3.93. The van der Waals surface area contributed by atoms with Crippen molar-refractivity contribution in [1.29, 1.82) is 0 Å². The van der Waals surface area contributed by atoms with Crippen molar-refractivity contribution in [3.05, 3.63) is 65.4 Å². The fourth-order valence-corrected chi connectivity index (χ4v) is 1.74. The van der Waals surface area contributed by atoms with Gasteiger partial charge >= 0.3 is 0 Å². The number of ether oxygens (including phenoxy) is 1. The molecule has 0 aliphatic carbocycles. The number of nitrogens with two attached hydrogens (primary N) is 1. The first-order valence-corrected chi connectivity index (χ1v) is 6.30. The second-order valence-electron chi connectivity index (χ2n) is 4.22. The van der Waals surface area contributed by atoms with Crippen LogP contribution in [0.4, 0.5) is 0 Å². The second kappa shape index (κ2) is 6.71. The summed E-state index contributed by atoms with van der Waals surface area (Å²) in [7, 11) is 0. The number of nitrogens with zero attached hydrogens (tertiary/aromatic N) is 1. The molecule has 0 atom stereocenters. The van der Waals surface area contributed by atoms with Crippen LogP contribution in [0.3, 0.4) is 0 Å². The van der Waals surface area contributed by atoms with Gasteiger partial charge in [0, 0.05) is 18.3 Å². The van der Waals surface area contributed by atoms with Crippen LogP contribution in [-0.4, -0.2) is 11.6 Å². The molecule has 2 aromatic rings. The van der Waals surface area contributed by atoms with Gasteiger partial charge in [-0.1, -0.05) is 42.5 Å². The molecule has 0 saturated heterocycles. The van der Waals surface area contributed by atoms with Crippen LogP contribution in [0.25, 0.3) is 6.08 Å². The van der Waals surface area contributed by atoms with Crippen LogP contribution in [-0.2, 0) is 6.54 Å². The summed E-state index contributed by atoms with van der Waals surface area (Å²) in [5, 5.41) is 0. The lowest BCUT2D eigenvalue weighted by molar-refractivity contribution is 0.348. The molecule has 98 valence electrons. The van der Waals surface area contributed by atoms with Crippen LogP contribution in [0.5, 0.6) is 5.88 Å². The normalized spacial score (nSPS) is 10.8. The predicted molar refractivity (Wildman–Crippen MR) is 77.8 cm³/mol. The molecular weight excluding hydrogens is 236 g/mol. The quantitative estimate of drug-likeness (QED) is 0.892. The minimum Gasteiger partial charge on any atom is -0.473 e. The van der Waals surface area contributed by atoms with E-state index >= 15 is 0 Å². The number of aromatic nitrogens is 1. The Kier molecular flexibility index (Phi) is 4.70. The molecule has 3 heteroatoms. The van der Waals surface area contributed by atoms with Gasteiger partial charge in [0.1, 0.15) is 6.61 Å². The summed E-state index contributed by atoms with van der Waals surface area (Å²) in [4.78, 5) is 4.35. The molecule has 1 heterocycles. The molecule has 1 aromatic heterocycles. The zero-order valence-corrected chi connectivity index (χ0v) is 11.0. The predicted octanol–water partition coefficient (Wildman–Crippen LogP) is 2.94. The summed E-state index contributed by atoms with van der Waals surface area (Å²) in [5.41, 5.74) is 8.73. The first-order chi connectivity index (χ1) is 9.29. The first kappa shape index (κ1) is 13.3. The van der Waals surface area contributed by atoms with E-state index in [9.17, 15) is 0 Å². The van der Waals surface area contributed by atoms with Crippen molar-refractivity contribution in [2.45, 2.75) is 13.5 Å². The number of hydrogen-bond acceptors (Lipinski definition) is 3. The van der Waals surface area contributed by atoms with Crippen LogP contribution < -0.4 is 10.5 Å². The molecule has 0 fully saturated rings. The van der Waals surface area contributed by atoms with E-state index < -0.39 is 0 Å². The second-order valence-corrected chi connectivity index (χ2v) is 4.22. The SMILES string of the molecule is Cc1nc(OC/C=C/c2ccccc2)ccc1CN. The highest BCUT2D eigenvalue weighted by atomic mass is 16.5. The maximum absolute atomic E-state index is 5.59. The number of rotatable bonds is 5. The molecule has 0 spiro atoms. The number of pyridine rings is 1. The van der Waals surface area contributed by atoms with E-state index in [1.807, 2.05) is 49.4 Å². The first-order valence-electron chi connectivity index (χ1n) is 6.30. The van der Waals surface area contributed by atoms with E-state index in [0.717, 1.165) is 16.8 Å². The number of benzene rings is 1. The van der Waals surface area contributed by atoms with Gasteiger partial charge in [0.05, 0.1) is 0 Å². The van der Waals surface area contributed by atoms with Gasteiger partial charge in [-0.3, -0.25) is 0 Å². The molecule has 3 nitrogen and oxygen atoms in total. The van der Waals surface area contributed by atoms with Gasteiger partial charge in [0.15, 0.2) is 0 Å². The van der Waals surface area contributed by atoms with E-state index in [-0.39, 0.29) is 0 Å². The molecule has 2 rings (SSSR count). The third-order valence-electron chi connectivity index (χ3n) is 2.83. The van der Waals surface area contributed by atoms with Crippen molar-refractivity contribution in [1.82, 2.24) is 4.98 Å². The minimum absolute atomic E-state index is 0.503. The molecule has 0 aliphatic rings. The Morgan fingerprint density at radius 2 is 1.95 bits per heavy atom. The maximum atomic E-state index is 5.59. The lowest BCUT2D eigenvalue weighted by Gasteiger charge is -2.06. The van der Waals surface area contributed by atoms with E-state index in [1.165, 1.54) is 0 Å². The molecule has 0 radical (unpaired) electrons. The largest absolute Gasteiger partial charge is 0.473 e. The van der Waals surface area contributed by atoms with Crippen LogP contribution in [0.15, 0.2) is 48.5 Å². The Morgan fingerprint density at radius 1 is 1.16 bits per heavy atom. The summed E-state index contributed by atoms with van der Waals surface area (Å²) in [6, 6.07) is 13.9. The van der Waals surface area contributed by atoms with Crippen LogP contribution in [0.1, 0.15) is 16.8 Å². The number of hydrogen-bond donors (Lipinski definition) is 1. The summed E-state index contributed by atoms with van der Waals surface area (Å²) in [6.07, 6.45) is 4.00. The minimum atomic E-state index is 0.503. The molecule has 0 bridgehead atoms. The van der Waals surface area contributed by atoms with Crippen molar-refractivity contribution in [3.8, 4) is 5.88 Å². The van der Waals surface area contributed by atoms with Crippen molar-refractivity contribution in [2.24, 2.45) is 5.73 Å². The third-order valence-corrected chi connectivity index (χ3v) is 2.83. The molecule has 0 saturated carbocycles. The number of aryl methyl sites for hydroxylation is 1. The van der Waals surface area contributed by atoms with Gasteiger partial charge in [0.25, 0.3) is 0 Å². The smallest absolute Gasteiger partial charge is 0.213 e. The fraction of sp³-hybridized carbons (Fsp3) is 0.188. The Balaban J connectivity index is 1.89. The van der Waals surface area contributed by atoms with Crippen LogP contribution in [0, 0.1) is 6.92 Å². The van der Waals surface area contributed by atoms with Gasteiger partial charge in [-0.05, 0) is 24.1 Å². The standard InChI is InChI=1S/C16H18N2O/c1-13-15(12-17)9-10-16(18-13)19-11-5-8-14-6-3-2-4-7-14/h2-10H,11-12,17H2,1H3/b8-5+. The van der Waals surface area contributed by atoms with Gasteiger partial charge in [-0.25, -0.2) is 4.98 Å². The molecule has 0 aliphatic heterocycles. The van der Waals surface area contributed by atoms with Crippen molar-refractivity contribution < 1.29 is 4.74 Å². The molecule has 0 unspecified atom stereocenters. The topological polar surface area (TPSA) is 48.1 Å². The monoisotopic (exact) mass is 254 g/mol. The van der Waals surface area contributed by atoms with E-state index in [1.54, 1.807) is 0 Å². The average Bonchev–Trinajstić information content (AvgIpc) is 2.45. The van der Waals surface area contributed by atoms with Gasteiger partial charge in [0.2, 0.25) is 5.88 Å². The van der Waals surface area contributed by atoms with Crippen molar-refractivity contribution >= 4 is 6.08 Å². The fourth-order valence-electron chi connectivity index (χ4n) is 1.74. The van der Waals surface area contributed by atoms with E-state index in [0.29, 0.717) is 19.0 Å². The Bertz CT molecular complexity index is 550. The lowest BCUT2D eigenvalue weighted by Crippen LogP contribution is -2.03. The Morgan fingerprint density at radius 3 is 2.63 bits per heavy atom. The Hall–Kier alpha value is -2.13. The van der Waals surface area contributed by atoms with Gasteiger partial charge in [-0.15, -0.1) is 0 Å². The summed E-state index contributed by atoms with van der Waals surface area (Å²) < 4.78 is 5.57. The van der Waals surface area contributed by atoms with Gasteiger partial charge < -0.3 is 10.5 Å². The van der Waals surface area contributed by atoms with E-state index in [2.05, 4.69) is 17.1 Å². The van der Waals surface area contributed by atoms with Crippen LogP contribution in [0.2, 0.25) is 0 Å². The summed E-state index contributed by atoms with van der Waals surface area (Å²) >= 11 is 0. The van der Waals surface area contributed by atoms with Crippen molar-refractivity contribution in [3.63, 3.8) is 0 Å². The molecule has 19 heavy (non-hydrogen) atoms. The van der Waals surface area contributed by atoms with Gasteiger partial charge in [-0.2, -0.15) is 0 Å². The summed E-state index contributed by atoms with van der Waals surface area (Å²) in [5.74, 6) is 0.632. The highest BCUT2D eigenvalue weighted by Gasteiger charge is 2.00. The van der Waals surface area contributed by atoms with Crippen LogP contribution >= 0.6 is 0 Å². The zero-order valence-electron chi connectivity index (χ0n) is 11.0. The molecule has 1 aromatic carbocycles. The average molecular weight is 254 g/mol. The lowest BCUT2D eigenvalue weighted by atomic mass is 10.2. The zero-order chi connectivity index (χ0) is 13.5. The van der Waals surface area contributed by atoms with Crippen molar-refractivity contribution in [2.75, 3.05) is 6.61 Å². The Labute approximate surface area is 113 Å².